The van der Waals surface area contributed by atoms with Crippen LogP contribution in [0.4, 0.5) is 0 Å². The number of carbonyl (C=O) groups excluding carboxylic acids is 1. The highest BCUT2D eigenvalue weighted by molar-refractivity contribution is 5.94. The normalized spacial score (nSPS) is 20.4. The van der Waals surface area contributed by atoms with E-state index >= 15 is 0 Å². The van der Waals surface area contributed by atoms with Crippen molar-refractivity contribution < 1.29 is 9.53 Å². The van der Waals surface area contributed by atoms with E-state index in [0.29, 0.717) is 23.1 Å². The Morgan fingerprint density at radius 3 is 2.28 bits per heavy atom. The van der Waals surface area contributed by atoms with E-state index in [0.717, 1.165) is 25.3 Å². The van der Waals surface area contributed by atoms with Gasteiger partial charge in [-0.15, -0.1) is 0 Å². The molecule has 5 heteroatoms. The van der Waals surface area contributed by atoms with E-state index in [9.17, 15) is 9.59 Å². The fraction of sp³-hybridized carbons (Fsp3) is 0.400. The molecule has 25 heavy (non-hydrogen) atoms. The van der Waals surface area contributed by atoms with Crippen molar-refractivity contribution in [2.24, 2.45) is 11.8 Å². The summed E-state index contributed by atoms with van der Waals surface area (Å²) in [5.41, 5.74) is 1.08. The molecule has 0 radical (unpaired) electrons. The predicted molar refractivity (Wildman–Crippen MR) is 97.4 cm³/mol. The summed E-state index contributed by atoms with van der Waals surface area (Å²) in [4.78, 5) is 27.0. The number of amides is 1. The van der Waals surface area contributed by atoms with Gasteiger partial charge in [0.2, 0.25) is 0 Å². The van der Waals surface area contributed by atoms with E-state index in [1.807, 2.05) is 4.90 Å². The molecule has 1 amide bonds. The smallest absolute Gasteiger partial charge is 0.255 e. The molecule has 1 aromatic heterocycles. The standard InChI is InChI=1S/C20H24N2O3/c1-14-10-15(2)12-21(11-14)20(24)16-4-9-19(23)22(13-16)17-5-7-18(25-3)8-6-17/h4-9,13-15H,10-12H2,1-3H3/t14-,15-/m0/s1. The Hall–Kier alpha value is -2.56. The van der Waals surface area contributed by atoms with Crippen LogP contribution in [0.1, 0.15) is 30.6 Å². The van der Waals surface area contributed by atoms with Crippen molar-refractivity contribution in [2.75, 3.05) is 20.2 Å². The minimum Gasteiger partial charge on any atom is -0.497 e. The molecule has 2 atom stereocenters. The highest BCUT2D eigenvalue weighted by Crippen LogP contribution is 2.22. The number of hydrogen-bond donors (Lipinski definition) is 0. The first kappa shape index (κ1) is 17.3. The summed E-state index contributed by atoms with van der Waals surface area (Å²) in [5.74, 6) is 1.71. The minimum absolute atomic E-state index is 0.0133. The van der Waals surface area contributed by atoms with Crippen LogP contribution in [0.15, 0.2) is 47.4 Å². The highest BCUT2D eigenvalue weighted by Gasteiger charge is 2.26. The number of ether oxygens (including phenoxy) is 1. The summed E-state index contributed by atoms with van der Waals surface area (Å²) in [7, 11) is 1.60. The number of methoxy groups -OCH3 is 1. The van der Waals surface area contributed by atoms with Crippen LogP contribution in [0.25, 0.3) is 5.69 Å². The monoisotopic (exact) mass is 340 g/mol. The number of pyridine rings is 1. The van der Waals surface area contributed by atoms with Crippen LogP contribution >= 0.6 is 0 Å². The van der Waals surface area contributed by atoms with Gasteiger partial charge in [-0.05, 0) is 48.6 Å². The van der Waals surface area contributed by atoms with Crippen LogP contribution in [0.2, 0.25) is 0 Å². The van der Waals surface area contributed by atoms with E-state index in [1.165, 1.54) is 10.6 Å². The van der Waals surface area contributed by atoms with Gasteiger partial charge in [0.1, 0.15) is 5.75 Å². The second-order valence-corrected chi connectivity index (χ2v) is 6.98. The summed E-state index contributed by atoms with van der Waals surface area (Å²) in [6.45, 7) is 5.89. The van der Waals surface area contributed by atoms with Crippen molar-refractivity contribution in [3.8, 4) is 11.4 Å². The lowest BCUT2D eigenvalue weighted by molar-refractivity contribution is 0.0622. The molecule has 1 aliphatic rings. The zero-order valence-electron chi connectivity index (χ0n) is 14.9. The lowest BCUT2D eigenvalue weighted by Crippen LogP contribution is -2.42. The average molecular weight is 340 g/mol. The zero-order valence-corrected chi connectivity index (χ0v) is 14.9. The molecule has 1 aromatic carbocycles. The third-order valence-electron chi connectivity index (χ3n) is 4.66. The molecule has 1 fully saturated rings. The maximum absolute atomic E-state index is 12.9. The third-order valence-corrected chi connectivity index (χ3v) is 4.66. The van der Waals surface area contributed by atoms with Gasteiger partial charge < -0.3 is 9.64 Å². The summed E-state index contributed by atoms with van der Waals surface area (Å²) >= 11 is 0. The molecule has 0 bridgehead atoms. The Morgan fingerprint density at radius 1 is 1.04 bits per heavy atom. The number of rotatable bonds is 3. The largest absolute Gasteiger partial charge is 0.497 e. The molecule has 2 heterocycles. The maximum atomic E-state index is 12.9. The maximum Gasteiger partial charge on any atom is 0.255 e. The Balaban J connectivity index is 1.90. The molecular weight excluding hydrogens is 316 g/mol. The van der Waals surface area contributed by atoms with Crippen molar-refractivity contribution >= 4 is 5.91 Å². The number of nitrogens with zero attached hydrogens (tertiary/aromatic N) is 2. The fourth-order valence-electron chi connectivity index (χ4n) is 3.57. The van der Waals surface area contributed by atoms with Gasteiger partial charge in [-0.1, -0.05) is 13.8 Å². The van der Waals surface area contributed by atoms with E-state index < -0.39 is 0 Å². The molecule has 0 N–H and O–H groups in total. The number of likely N-dealkylation sites (tertiary alicyclic amines) is 1. The summed E-state index contributed by atoms with van der Waals surface area (Å²) in [5, 5.41) is 0. The molecule has 0 unspecified atom stereocenters. The molecule has 2 aromatic rings. The van der Waals surface area contributed by atoms with Gasteiger partial charge in [0.15, 0.2) is 0 Å². The van der Waals surface area contributed by atoms with E-state index in [4.69, 9.17) is 4.74 Å². The number of carbonyl (C=O) groups is 1. The van der Waals surface area contributed by atoms with Crippen molar-refractivity contribution in [3.63, 3.8) is 0 Å². The van der Waals surface area contributed by atoms with Gasteiger partial charge in [-0.25, -0.2) is 0 Å². The van der Waals surface area contributed by atoms with Crippen molar-refractivity contribution in [1.82, 2.24) is 9.47 Å². The summed E-state index contributed by atoms with van der Waals surface area (Å²) < 4.78 is 6.65. The Labute approximate surface area is 147 Å². The van der Waals surface area contributed by atoms with Gasteiger partial charge in [0.25, 0.3) is 11.5 Å². The molecule has 0 aliphatic carbocycles. The third kappa shape index (κ3) is 3.76. The first-order valence-electron chi connectivity index (χ1n) is 8.64. The second kappa shape index (κ2) is 7.13. The predicted octanol–water partition coefficient (Wildman–Crippen LogP) is 2.96. The van der Waals surface area contributed by atoms with E-state index in [-0.39, 0.29) is 11.5 Å². The lowest BCUT2D eigenvalue weighted by Gasteiger charge is -2.35. The quantitative estimate of drug-likeness (QED) is 0.863. The first-order chi connectivity index (χ1) is 12.0. The van der Waals surface area contributed by atoms with Crippen LogP contribution in [-0.2, 0) is 0 Å². The Morgan fingerprint density at radius 2 is 1.68 bits per heavy atom. The van der Waals surface area contributed by atoms with Gasteiger partial charge in [0, 0.05) is 31.0 Å². The van der Waals surface area contributed by atoms with Crippen LogP contribution in [-0.4, -0.2) is 35.6 Å². The summed E-state index contributed by atoms with van der Waals surface area (Å²) in [6.07, 6.45) is 2.78. The molecule has 1 saturated heterocycles. The van der Waals surface area contributed by atoms with Gasteiger partial charge >= 0.3 is 0 Å². The first-order valence-corrected chi connectivity index (χ1v) is 8.64. The van der Waals surface area contributed by atoms with Gasteiger partial charge in [0.05, 0.1) is 12.7 Å². The van der Waals surface area contributed by atoms with Crippen LogP contribution in [0.3, 0.4) is 0 Å². The summed E-state index contributed by atoms with van der Waals surface area (Å²) in [6, 6.07) is 10.3. The van der Waals surface area contributed by atoms with Crippen molar-refractivity contribution in [2.45, 2.75) is 20.3 Å². The number of benzene rings is 1. The van der Waals surface area contributed by atoms with E-state index in [2.05, 4.69) is 13.8 Å². The molecular formula is C20H24N2O3. The van der Waals surface area contributed by atoms with Gasteiger partial charge in [-0.3, -0.25) is 14.2 Å². The molecule has 1 aliphatic heterocycles. The molecule has 0 spiro atoms. The number of hydrogen-bond acceptors (Lipinski definition) is 3. The zero-order chi connectivity index (χ0) is 18.0. The Bertz CT molecular complexity index is 800. The van der Waals surface area contributed by atoms with Crippen molar-refractivity contribution in [1.29, 1.82) is 0 Å². The molecule has 0 saturated carbocycles. The molecule has 132 valence electrons. The topological polar surface area (TPSA) is 51.5 Å². The average Bonchev–Trinajstić information content (AvgIpc) is 2.61. The Kier molecular flexibility index (Phi) is 4.93. The van der Waals surface area contributed by atoms with E-state index in [1.54, 1.807) is 43.6 Å². The molecule has 5 nitrogen and oxygen atoms in total. The van der Waals surface area contributed by atoms with Crippen LogP contribution in [0, 0.1) is 11.8 Å². The SMILES string of the molecule is COc1ccc(-n2cc(C(=O)N3C[C@@H](C)C[C@H](C)C3)ccc2=O)cc1. The fourth-order valence-corrected chi connectivity index (χ4v) is 3.57. The van der Waals surface area contributed by atoms with Gasteiger partial charge in [-0.2, -0.15) is 0 Å². The second-order valence-electron chi connectivity index (χ2n) is 6.98. The number of piperidine rings is 1. The number of aromatic nitrogens is 1. The van der Waals surface area contributed by atoms with Crippen molar-refractivity contribution in [3.05, 3.63) is 58.5 Å². The highest BCUT2D eigenvalue weighted by atomic mass is 16.5. The van der Waals surface area contributed by atoms with Crippen LogP contribution in [0.5, 0.6) is 5.75 Å². The lowest BCUT2D eigenvalue weighted by atomic mass is 9.91. The molecule has 3 rings (SSSR count). The van der Waals surface area contributed by atoms with Crippen LogP contribution < -0.4 is 10.3 Å². The minimum atomic E-state index is -0.165.